The lowest BCUT2D eigenvalue weighted by atomic mass is 10.1. The first kappa shape index (κ1) is 21.5. The monoisotopic (exact) mass is 447 g/mol. The molecule has 3 aromatic rings. The third-order valence-corrected chi connectivity index (χ3v) is 6.40. The summed E-state index contributed by atoms with van der Waals surface area (Å²) in [7, 11) is 0. The van der Waals surface area contributed by atoms with E-state index in [2.05, 4.69) is 20.2 Å². The van der Waals surface area contributed by atoms with Gasteiger partial charge in [0.2, 0.25) is 11.8 Å². The van der Waals surface area contributed by atoms with Crippen LogP contribution in [0.5, 0.6) is 0 Å². The molecule has 1 aromatic heterocycles. The van der Waals surface area contributed by atoms with E-state index >= 15 is 0 Å². The first-order chi connectivity index (χ1) is 16.2. The van der Waals surface area contributed by atoms with Crippen molar-refractivity contribution in [1.29, 1.82) is 0 Å². The van der Waals surface area contributed by atoms with Gasteiger partial charge < -0.3 is 24.8 Å². The SMILES string of the molecule is O=C(Nc1ccccc1N1CCOCC1)[C@@H]1CCCN1C(=O)CCc1nc2ccccc2[nH]1. The van der Waals surface area contributed by atoms with Crippen LogP contribution in [0.3, 0.4) is 0 Å². The van der Waals surface area contributed by atoms with Gasteiger partial charge in [-0.05, 0) is 37.1 Å². The lowest BCUT2D eigenvalue weighted by molar-refractivity contribution is -0.136. The highest BCUT2D eigenvalue weighted by Crippen LogP contribution is 2.28. The van der Waals surface area contributed by atoms with E-state index in [9.17, 15) is 9.59 Å². The summed E-state index contributed by atoms with van der Waals surface area (Å²) < 4.78 is 5.46. The van der Waals surface area contributed by atoms with Crippen molar-refractivity contribution in [2.45, 2.75) is 31.7 Å². The molecule has 0 unspecified atom stereocenters. The number of carbonyl (C=O) groups excluding carboxylic acids is 2. The van der Waals surface area contributed by atoms with E-state index in [-0.39, 0.29) is 11.8 Å². The van der Waals surface area contributed by atoms with Crippen LogP contribution in [0.15, 0.2) is 48.5 Å². The third kappa shape index (κ3) is 4.71. The van der Waals surface area contributed by atoms with E-state index in [4.69, 9.17) is 4.74 Å². The number of morpholine rings is 1. The fourth-order valence-electron chi connectivity index (χ4n) is 4.71. The van der Waals surface area contributed by atoms with Gasteiger partial charge in [0.15, 0.2) is 0 Å². The zero-order valence-corrected chi connectivity index (χ0v) is 18.6. The number of hydrogen-bond acceptors (Lipinski definition) is 5. The summed E-state index contributed by atoms with van der Waals surface area (Å²) in [5, 5.41) is 3.09. The van der Waals surface area contributed by atoms with Gasteiger partial charge in [-0.2, -0.15) is 0 Å². The fraction of sp³-hybridized carbons (Fsp3) is 0.400. The summed E-state index contributed by atoms with van der Waals surface area (Å²) in [6, 6.07) is 15.2. The molecule has 8 heteroatoms. The topological polar surface area (TPSA) is 90.6 Å². The minimum atomic E-state index is -0.439. The van der Waals surface area contributed by atoms with Crippen LogP contribution in [0.4, 0.5) is 11.4 Å². The standard InChI is InChI=1S/C25H29N5O3/c31-24(12-11-23-26-18-6-1-2-7-19(18)27-23)30-13-5-10-22(30)25(32)28-20-8-3-4-9-21(20)29-14-16-33-17-15-29/h1-4,6-9,22H,5,10-17H2,(H,26,27)(H,28,32)/t22-/m0/s1. The smallest absolute Gasteiger partial charge is 0.247 e. The molecule has 2 N–H and O–H groups in total. The van der Waals surface area contributed by atoms with Crippen LogP contribution in [0.1, 0.15) is 25.1 Å². The Kier molecular flexibility index (Phi) is 6.26. The number of carbonyl (C=O) groups is 2. The van der Waals surface area contributed by atoms with Crippen LogP contribution >= 0.6 is 0 Å². The largest absolute Gasteiger partial charge is 0.378 e. The molecule has 33 heavy (non-hydrogen) atoms. The fourth-order valence-corrected chi connectivity index (χ4v) is 4.71. The van der Waals surface area contributed by atoms with Crippen LogP contribution in [-0.4, -0.2) is 65.6 Å². The lowest BCUT2D eigenvalue weighted by Crippen LogP contribution is -2.43. The van der Waals surface area contributed by atoms with Gasteiger partial charge in [-0.3, -0.25) is 9.59 Å². The van der Waals surface area contributed by atoms with Crippen LogP contribution in [0.25, 0.3) is 11.0 Å². The van der Waals surface area contributed by atoms with Crippen molar-refractivity contribution >= 4 is 34.2 Å². The number of amides is 2. The average molecular weight is 448 g/mol. The van der Waals surface area contributed by atoms with Gasteiger partial charge >= 0.3 is 0 Å². The number of imidazole rings is 1. The maximum absolute atomic E-state index is 13.2. The molecule has 2 amide bonds. The van der Waals surface area contributed by atoms with E-state index in [1.807, 2.05) is 48.5 Å². The number of anilines is 2. The number of ether oxygens (including phenoxy) is 1. The van der Waals surface area contributed by atoms with Crippen molar-refractivity contribution in [1.82, 2.24) is 14.9 Å². The molecule has 0 saturated carbocycles. The predicted molar refractivity (Wildman–Crippen MR) is 127 cm³/mol. The average Bonchev–Trinajstić information content (AvgIpc) is 3.51. The van der Waals surface area contributed by atoms with Gasteiger partial charge in [0.05, 0.1) is 35.6 Å². The van der Waals surface area contributed by atoms with Gasteiger partial charge in [-0.1, -0.05) is 24.3 Å². The van der Waals surface area contributed by atoms with Crippen molar-refractivity contribution in [3.63, 3.8) is 0 Å². The molecule has 2 aliphatic heterocycles. The Hall–Kier alpha value is -3.39. The number of aryl methyl sites for hydroxylation is 1. The molecule has 8 nitrogen and oxygen atoms in total. The van der Waals surface area contributed by atoms with Gasteiger partial charge in [-0.15, -0.1) is 0 Å². The molecule has 2 aromatic carbocycles. The first-order valence-corrected chi connectivity index (χ1v) is 11.6. The van der Waals surface area contributed by atoms with Crippen LogP contribution in [0, 0.1) is 0 Å². The number of nitrogens with zero attached hydrogens (tertiary/aromatic N) is 3. The first-order valence-electron chi connectivity index (χ1n) is 11.6. The zero-order chi connectivity index (χ0) is 22.6. The highest BCUT2D eigenvalue weighted by Gasteiger charge is 2.34. The van der Waals surface area contributed by atoms with E-state index < -0.39 is 6.04 Å². The number of para-hydroxylation sites is 4. The summed E-state index contributed by atoms with van der Waals surface area (Å²) >= 11 is 0. The summed E-state index contributed by atoms with van der Waals surface area (Å²) in [5.41, 5.74) is 3.65. The predicted octanol–water partition coefficient (Wildman–Crippen LogP) is 2.96. The lowest BCUT2D eigenvalue weighted by Gasteiger charge is -2.31. The third-order valence-electron chi connectivity index (χ3n) is 6.40. The Balaban J connectivity index is 1.23. The molecule has 2 aliphatic rings. The molecule has 5 rings (SSSR count). The Morgan fingerprint density at radius 2 is 1.85 bits per heavy atom. The number of fused-ring (bicyclic) bond motifs is 1. The molecule has 172 valence electrons. The number of likely N-dealkylation sites (tertiary alicyclic amines) is 1. The quantitative estimate of drug-likeness (QED) is 0.606. The highest BCUT2D eigenvalue weighted by atomic mass is 16.5. The maximum atomic E-state index is 13.2. The van der Waals surface area contributed by atoms with Crippen molar-refractivity contribution in [2.24, 2.45) is 0 Å². The minimum absolute atomic E-state index is 0.00503. The summed E-state index contributed by atoms with van der Waals surface area (Å²) in [5.74, 6) is 0.670. The summed E-state index contributed by atoms with van der Waals surface area (Å²) in [6.45, 7) is 3.56. The second kappa shape index (κ2) is 9.62. The number of H-pyrrole nitrogens is 1. The Morgan fingerprint density at radius 1 is 1.06 bits per heavy atom. The summed E-state index contributed by atoms with van der Waals surface area (Å²) in [4.78, 5) is 38.0. The molecule has 2 saturated heterocycles. The second-order valence-electron chi connectivity index (χ2n) is 8.55. The maximum Gasteiger partial charge on any atom is 0.247 e. The van der Waals surface area contributed by atoms with Crippen molar-refractivity contribution in [2.75, 3.05) is 43.1 Å². The van der Waals surface area contributed by atoms with Crippen LogP contribution in [-0.2, 0) is 20.7 Å². The number of nitrogens with one attached hydrogen (secondary N) is 2. The molecule has 1 atom stereocenters. The van der Waals surface area contributed by atoms with E-state index in [1.54, 1.807) is 4.90 Å². The summed E-state index contributed by atoms with van der Waals surface area (Å²) in [6.07, 6.45) is 2.37. The van der Waals surface area contributed by atoms with Crippen LogP contribution < -0.4 is 10.2 Å². The van der Waals surface area contributed by atoms with Gasteiger partial charge in [0, 0.05) is 32.5 Å². The second-order valence-corrected chi connectivity index (χ2v) is 8.55. The number of aromatic amines is 1. The Bertz CT molecular complexity index is 1100. The molecule has 0 bridgehead atoms. The molecular weight excluding hydrogens is 418 g/mol. The minimum Gasteiger partial charge on any atom is -0.378 e. The number of hydrogen-bond donors (Lipinski definition) is 2. The van der Waals surface area contributed by atoms with E-state index in [0.717, 1.165) is 47.7 Å². The van der Waals surface area contributed by atoms with Gasteiger partial charge in [0.1, 0.15) is 11.9 Å². The molecule has 0 radical (unpaired) electrons. The normalized spacial score (nSPS) is 18.6. The number of rotatable bonds is 6. The van der Waals surface area contributed by atoms with E-state index in [1.165, 1.54) is 0 Å². The van der Waals surface area contributed by atoms with Crippen LogP contribution in [0.2, 0.25) is 0 Å². The molecule has 3 heterocycles. The highest BCUT2D eigenvalue weighted by molar-refractivity contribution is 5.99. The Labute approximate surface area is 192 Å². The molecule has 0 spiro atoms. The molecule has 0 aliphatic carbocycles. The van der Waals surface area contributed by atoms with Crippen molar-refractivity contribution in [3.05, 3.63) is 54.4 Å². The molecular formula is C25H29N5O3. The number of aromatic nitrogens is 2. The molecule has 2 fully saturated rings. The van der Waals surface area contributed by atoms with Gasteiger partial charge in [-0.25, -0.2) is 4.98 Å². The number of benzene rings is 2. The van der Waals surface area contributed by atoms with Crippen molar-refractivity contribution < 1.29 is 14.3 Å². The van der Waals surface area contributed by atoms with E-state index in [0.29, 0.717) is 39.0 Å². The zero-order valence-electron chi connectivity index (χ0n) is 18.6. The Morgan fingerprint density at radius 3 is 2.70 bits per heavy atom. The van der Waals surface area contributed by atoms with Crippen molar-refractivity contribution in [3.8, 4) is 0 Å². The van der Waals surface area contributed by atoms with Gasteiger partial charge in [0.25, 0.3) is 0 Å².